The normalized spacial score (nSPS) is 13.7. The van der Waals surface area contributed by atoms with Crippen molar-refractivity contribution in [3.05, 3.63) is 90.0 Å². The van der Waals surface area contributed by atoms with Gasteiger partial charge in [-0.05, 0) is 42.0 Å². The topological polar surface area (TPSA) is 75.6 Å². The number of nitrogens with zero attached hydrogens (tertiary/aromatic N) is 4. The van der Waals surface area contributed by atoms with Crippen molar-refractivity contribution in [2.45, 2.75) is 13.0 Å². The molecule has 158 valence electrons. The van der Waals surface area contributed by atoms with E-state index in [9.17, 15) is 9.59 Å². The molecule has 3 aromatic rings. The van der Waals surface area contributed by atoms with E-state index < -0.39 is 0 Å². The Kier molecular flexibility index (Phi) is 6.52. The van der Waals surface area contributed by atoms with Gasteiger partial charge in [-0.2, -0.15) is 0 Å². The quantitative estimate of drug-likeness (QED) is 0.617. The smallest absolute Gasteiger partial charge is 0.254 e. The fraction of sp³-hybridized carbons (Fsp3) is 0.250. The summed E-state index contributed by atoms with van der Waals surface area (Å²) < 4.78 is 5.78. The molecule has 1 aliphatic rings. The Morgan fingerprint density at radius 2 is 1.74 bits per heavy atom. The van der Waals surface area contributed by atoms with Gasteiger partial charge in [0.05, 0.1) is 12.1 Å². The molecule has 0 radical (unpaired) electrons. The standard InChI is InChI=1S/C24H24N4O3/c29-23(15-19-5-4-9-25-17-19)27-11-13-28(14-12-27)24(30)20-6-3-8-22(16-20)31-18-21-7-1-2-10-26-21/h1-10,16-17H,11-15,18H2. The molecule has 31 heavy (non-hydrogen) atoms. The zero-order chi connectivity index (χ0) is 21.5. The molecule has 0 N–H and O–H groups in total. The summed E-state index contributed by atoms with van der Waals surface area (Å²) in [6, 6.07) is 16.6. The van der Waals surface area contributed by atoms with Gasteiger partial charge in [0.25, 0.3) is 5.91 Å². The lowest BCUT2D eigenvalue weighted by molar-refractivity contribution is -0.131. The summed E-state index contributed by atoms with van der Waals surface area (Å²) in [5, 5.41) is 0. The van der Waals surface area contributed by atoms with Crippen molar-refractivity contribution in [1.82, 2.24) is 19.8 Å². The minimum atomic E-state index is -0.0531. The minimum Gasteiger partial charge on any atom is -0.487 e. The van der Waals surface area contributed by atoms with Gasteiger partial charge in [0.15, 0.2) is 0 Å². The van der Waals surface area contributed by atoms with E-state index >= 15 is 0 Å². The third kappa shape index (κ3) is 5.45. The van der Waals surface area contributed by atoms with Crippen LogP contribution in [0, 0.1) is 0 Å². The summed E-state index contributed by atoms with van der Waals surface area (Å²) >= 11 is 0. The SMILES string of the molecule is O=C(Cc1cccnc1)N1CCN(C(=O)c2cccc(OCc3ccccn3)c2)CC1. The highest BCUT2D eigenvalue weighted by Crippen LogP contribution is 2.17. The molecule has 0 unspecified atom stereocenters. The highest BCUT2D eigenvalue weighted by atomic mass is 16.5. The number of aromatic nitrogens is 2. The second-order valence-corrected chi connectivity index (χ2v) is 7.35. The Morgan fingerprint density at radius 1 is 0.903 bits per heavy atom. The van der Waals surface area contributed by atoms with Gasteiger partial charge < -0.3 is 14.5 Å². The first-order valence-corrected chi connectivity index (χ1v) is 10.3. The Morgan fingerprint density at radius 3 is 2.48 bits per heavy atom. The minimum absolute atomic E-state index is 0.0531. The third-order valence-corrected chi connectivity index (χ3v) is 5.19. The van der Waals surface area contributed by atoms with Gasteiger partial charge in [-0.1, -0.05) is 18.2 Å². The Bertz CT molecular complexity index is 1020. The molecule has 7 heteroatoms. The van der Waals surface area contributed by atoms with Crippen LogP contribution in [0.25, 0.3) is 0 Å². The second kappa shape index (κ2) is 9.84. The third-order valence-electron chi connectivity index (χ3n) is 5.19. The molecule has 7 nitrogen and oxygen atoms in total. The number of ether oxygens (including phenoxy) is 1. The van der Waals surface area contributed by atoms with E-state index in [1.165, 1.54) is 0 Å². The fourth-order valence-electron chi connectivity index (χ4n) is 3.49. The lowest BCUT2D eigenvalue weighted by Crippen LogP contribution is -2.51. The van der Waals surface area contributed by atoms with Crippen LogP contribution >= 0.6 is 0 Å². The van der Waals surface area contributed by atoms with Gasteiger partial charge in [0.2, 0.25) is 5.91 Å². The van der Waals surface area contributed by atoms with Gasteiger partial charge in [-0.15, -0.1) is 0 Å². The molecule has 1 aliphatic heterocycles. The summed E-state index contributed by atoms with van der Waals surface area (Å²) in [4.78, 5) is 37.3. The fourth-order valence-corrected chi connectivity index (χ4v) is 3.49. The molecular formula is C24H24N4O3. The number of hydrogen-bond acceptors (Lipinski definition) is 5. The van der Waals surface area contributed by atoms with Crippen LogP contribution in [0.4, 0.5) is 0 Å². The molecule has 1 aromatic carbocycles. The van der Waals surface area contributed by atoms with E-state index in [1.54, 1.807) is 35.6 Å². The van der Waals surface area contributed by atoms with Crippen LogP contribution in [-0.4, -0.2) is 57.8 Å². The monoisotopic (exact) mass is 416 g/mol. The van der Waals surface area contributed by atoms with Crippen LogP contribution in [0.1, 0.15) is 21.6 Å². The second-order valence-electron chi connectivity index (χ2n) is 7.35. The summed E-state index contributed by atoms with van der Waals surface area (Å²) in [7, 11) is 0. The first-order chi connectivity index (χ1) is 15.2. The molecule has 0 atom stereocenters. The van der Waals surface area contributed by atoms with Gasteiger partial charge in [0, 0.05) is 50.3 Å². The van der Waals surface area contributed by atoms with Crippen LogP contribution in [0.15, 0.2) is 73.2 Å². The van der Waals surface area contributed by atoms with E-state index in [0.29, 0.717) is 50.5 Å². The van der Waals surface area contributed by atoms with Crippen molar-refractivity contribution < 1.29 is 14.3 Å². The molecule has 1 saturated heterocycles. The van der Waals surface area contributed by atoms with Crippen LogP contribution in [0.3, 0.4) is 0 Å². The van der Waals surface area contributed by atoms with Gasteiger partial charge in [-0.25, -0.2) is 0 Å². The first kappa shape index (κ1) is 20.5. The van der Waals surface area contributed by atoms with E-state index in [1.807, 2.05) is 47.4 Å². The molecule has 0 spiro atoms. The van der Waals surface area contributed by atoms with E-state index in [4.69, 9.17) is 4.74 Å². The van der Waals surface area contributed by atoms with Gasteiger partial charge >= 0.3 is 0 Å². The largest absolute Gasteiger partial charge is 0.487 e. The van der Waals surface area contributed by atoms with Gasteiger partial charge in [-0.3, -0.25) is 19.6 Å². The highest BCUT2D eigenvalue weighted by molar-refractivity contribution is 5.94. The lowest BCUT2D eigenvalue weighted by atomic mass is 10.1. The lowest BCUT2D eigenvalue weighted by Gasteiger charge is -2.35. The molecule has 4 rings (SSSR count). The number of piperazine rings is 1. The van der Waals surface area contributed by atoms with Crippen molar-refractivity contribution in [2.75, 3.05) is 26.2 Å². The molecular weight excluding hydrogens is 392 g/mol. The predicted octanol–water partition coefficient (Wildman–Crippen LogP) is 2.58. The maximum atomic E-state index is 12.9. The molecule has 2 aromatic heterocycles. The number of amides is 2. The number of carbonyl (C=O) groups is 2. The molecule has 3 heterocycles. The van der Waals surface area contributed by atoms with Crippen molar-refractivity contribution in [2.24, 2.45) is 0 Å². The van der Waals surface area contributed by atoms with Gasteiger partial charge in [0.1, 0.15) is 12.4 Å². The molecule has 1 fully saturated rings. The Labute approximate surface area is 181 Å². The average molecular weight is 416 g/mol. The number of hydrogen-bond donors (Lipinski definition) is 0. The van der Waals surface area contributed by atoms with E-state index in [2.05, 4.69) is 9.97 Å². The molecule has 0 saturated carbocycles. The van der Waals surface area contributed by atoms with E-state index in [-0.39, 0.29) is 11.8 Å². The summed E-state index contributed by atoms with van der Waals surface area (Å²) in [6.07, 6.45) is 5.45. The van der Waals surface area contributed by atoms with E-state index in [0.717, 1.165) is 11.3 Å². The highest BCUT2D eigenvalue weighted by Gasteiger charge is 2.25. The van der Waals surface area contributed by atoms with Crippen LogP contribution in [0.2, 0.25) is 0 Å². The molecule has 0 aliphatic carbocycles. The molecule has 0 bridgehead atoms. The Hall–Kier alpha value is -3.74. The zero-order valence-corrected chi connectivity index (χ0v) is 17.2. The number of carbonyl (C=O) groups excluding carboxylic acids is 2. The van der Waals surface area contributed by atoms with Crippen LogP contribution in [0.5, 0.6) is 5.75 Å². The van der Waals surface area contributed by atoms with Crippen molar-refractivity contribution in [3.8, 4) is 5.75 Å². The summed E-state index contributed by atoms with van der Waals surface area (Å²) in [5.74, 6) is 0.634. The summed E-state index contributed by atoms with van der Waals surface area (Å²) in [6.45, 7) is 2.42. The average Bonchev–Trinajstić information content (AvgIpc) is 2.84. The number of benzene rings is 1. The van der Waals surface area contributed by atoms with Crippen molar-refractivity contribution in [3.63, 3.8) is 0 Å². The summed E-state index contributed by atoms with van der Waals surface area (Å²) in [5.41, 5.74) is 2.30. The Balaban J connectivity index is 1.30. The maximum absolute atomic E-state index is 12.9. The van der Waals surface area contributed by atoms with Crippen LogP contribution in [-0.2, 0) is 17.8 Å². The molecule has 2 amide bonds. The maximum Gasteiger partial charge on any atom is 0.254 e. The van der Waals surface area contributed by atoms with Crippen molar-refractivity contribution >= 4 is 11.8 Å². The predicted molar refractivity (Wildman–Crippen MR) is 115 cm³/mol. The zero-order valence-electron chi connectivity index (χ0n) is 17.2. The van der Waals surface area contributed by atoms with Crippen LogP contribution < -0.4 is 4.74 Å². The first-order valence-electron chi connectivity index (χ1n) is 10.3. The number of rotatable bonds is 6. The number of pyridine rings is 2. The van der Waals surface area contributed by atoms with Crippen molar-refractivity contribution in [1.29, 1.82) is 0 Å².